The molecule has 6 nitrogen and oxygen atoms in total. The van der Waals surface area contributed by atoms with Gasteiger partial charge in [-0.05, 0) is 42.3 Å². The second-order valence-electron chi connectivity index (χ2n) is 6.78. The summed E-state index contributed by atoms with van der Waals surface area (Å²) in [6.07, 6.45) is 5.40. The van der Waals surface area contributed by atoms with E-state index < -0.39 is 0 Å². The zero-order valence-corrected chi connectivity index (χ0v) is 17.4. The second-order valence-corrected chi connectivity index (χ2v) is 8.11. The summed E-state index contributed by atoms with van der Waals surface area (Å²) in [6, 6.07) is 13.6. The van der Waals surface area contributed by atoms with Gasteiger partial charge in [0.05, 0.1) is 17.3 Å². The molecule has 3 aromatic rings. The van der Waals surface area contributed by atoms with Crippen LogP contribution in [0.4, 0.5) is 10.1 Å². The van der Waals surface area contributed by atoms with E-state index >= 15 is 0 Å². The minimum absolute atomic E-state index is 0.130. The van der Waals surface area contributed by atoms with Crippen molar-refractivity contribution in [3.8, 4) is 0 Å². The van der Waals surface area contributed by atoms with Crippen molar-refractivity contribution in [2.45, 2.75) is 25.3 Å². The number of rotatable bonds is 9. The van der Waals surface area contributed by atoms with Gasteiger partial charge in [-0.15, -0.1) is 11.8 Å². The monoisotopic (exact) mass is 426 g/mol. The molecule has 1 unspecified atom stereocenters. The topological polar surface area (TPSA) is 76.0 Å². The van der Waals surface area contributed by atoms with Gasteiger partial charge in [0.25, 0.3) is 0 Å². The largest absolute Gasteiger partial charge is 0.351 e. The van der Waals surface area contributed by atoms with Crippen LogP contribution in [-0.4, -0.2) is 32.4 Å². The Kier molecular flexibility index (Phi) is 7.62. The Balaban J connectivity index is 1.42. The number of halogens is 1. The molecule has 30 heavy (non-hydrogen) atoms. The molecule has 3 rings (SSSR count). The molecule has 1 atom stereocenters. The first kappa shape index (κ1) is 21.6. The van der Waals surface area contributed by atoms with Crippen LogP contribution in [0.5, 0.6) is 0 Å². The number of anilines is 1. The summed E-state index contributed by atoms with van der Waals surface area (Å²) in [5.41, 5.74) is 2.65. The molecule has 156 valence electrons. The maximum atomic E-state index is 12.9. The van der Waals surface area contributed by atoms with Crippen molar-refractivity contribution < 1.29 is 14.0 Å². The smallest absolute Gasteiger partial charge is 0.234 e. The highest BCUT2D eigenvalue weighted by Crippen LogP contribution is 2.14. The highest BCUT2D eigenvalue weighted by atomic mass is 32.2. The van der Waals surface area contributed by atoms with E-state index in [0.717, 1.165) is 17.7 Å². The average molecular weight is 427 g/mol. The van der Waals surface area contributed by atoms with Crippen molar-refractivity contribution in [2.24, 2.45) is 0 Å². The lowest BCUT2D eigenvalue weighted by Crippen LogP contribution is -2.31. The fraction of sp³-hybridized carbons (Fsp3) is 0.227. The van der Waals surface area contributed by atoms with Crippen LogP contribution in [0.25, 0.3) is 0 Å². The van der Waals surface area contributed by atoms with Gasteiger partial charge in [-0.2, -0.15) is 0 Å². The maximum absolute atomic E-state index is 12.9. The number of aromatic nitrogens is 2. The third-order valence-corrected chi connectivity index (χ3v) is 5.49. The van der Waals surface area contributed by atoms with Crippen molar-refractivity contribution in [1.29, 1.82) is 0 Å². The van der Waals surface area contributed by atoms with Crippen LogP contribution in [0, 0.1) is 5.82 Å². The predicted molar refractivity (Wildman–Crippen MR) is 117 cm³/mol. The number of hydrogen-bond donors (Lipinski definition) is 2. The van der Waals surface area contributed by atoms with Crippen LogP contribution in [0.15, 0.2) is 67.3 Å². The lowest BCUT2D eigenvalue weighted by molar-refractivity contribution is -0.120. The van der Waals surface area contributed by atoms with Gasteiger partial charge in [0.15, 0.2) is 0 Å². The number of imidazole rings is 1. The van der Waals surface area contributed by atoms with Crippen LogP contribution in [-0.2, 0) is 22.7 Å². The highest BCUT2D eigenvalue weighted by Gasteiger charge is 2.15. The average Bonchev–Trinajstić information content (AvgIpc) is 3.25. The molecular weight excluding hydrogens is 403 g/mol. The Morgan fingerprint density at radius 2 is 1.93 bits per heavy atom. The minimum Gasteiger partial charge on any atom is -0.351 e. The molecule has 0 aliphatic heterocycles. The SMILES string of the molecule is CC(SCC(=O)Nc1ccc(F)cc1)C(=O)NCc1cccc(Cn2ccnc2)c1. The number of nitrogens with zero attached hydrogens (tertiary/aromatic N) is 2. The normalized spacial score (nSPS) is 11.7. The summed E-state index contributed by atoms with van der Waals surface area (Å²) < 4.78 is 14.9. The van der Waals surface area contributed by atoms with Gasteiger partial charge in [0, 0.05) is 31.2 Å². The lowest BCUT2D eigenvalue weighted by Gasteiger charge is -2.13. The Hall–Kier alpha value is -3.13. The zero-order valence-electron chi connectivity index (χ0n) is 16.5. The molecule has 0 aliphatic rings. The third kappa shape index (κ3) is 6.73. The number of carbonyl (C=O) groups excluding carboxylic acids is 2. The molecule has 0 bridgehead atoms. The molecule has 0 aliphatic carbocycles. The summed E-state index contributed by atoms with van der Waals surface area (Å²) in [7, 11) is 0. The van der Waals surface area contributed by atoms with Gasteiger partial charge in [0.2, 0.25) is 11.8 Å². The third-order valence-electron chi connectivity index (χ3n) is 4.34. The Labute approximate surface area is 178 Å². The maximum Gasteiger partial charge on any atom is 0.234 e. The van der Waals surface area contributed by atoms with Crippen LogP contribution < -0.4 is 10.6 Å². The van der Waals surface area contributed by atoms with E-state index in [-0.39, 0.29) is 28.6 Å². The summed E-state index contributed by atoms with van der Waals surface area (Å²) in [5, 5.41) is 5.22. The first-order valence-corrected chi connectivity index (χ1v) is 10.5. The molecule has 0 saturated carbocycles. The van der Waals surface area contributed by atoms with E-state index in [9.17, 15) is 14.0 Å². The summed E-state index contributed by atoms with van der Waals surface area (Å²) in [6.45, 7) is 2.90. The van der Waals surface area contributed by atoms with Crippen molar-refractivity contribution in [3.63, 3.8) is 0 Å². The van der Waals surface area contributed by atoms with E-state index in [1.165, 1.54) is 36.0 Å². The van der Waals surface area contributed by atoms with Gasteiger partial charge < -0.3 is 15.2 Å². The van der Waals surface area contributed by atoms with Crippen LogP contribution in [0.2, 0.25) is 0 Å². The van der Waals surface area contributed by atoms with Crippen LogP contribution >= 0.6 is 11.8 Å². The van der Waals surface area contributed by atoms with Crippen molar-refractivity contribution in [1.82, 2.24) is 14.9 Å². The first-order chi connectivity index (χ1) is 14.5. The van der Waals surface area contributed by atoms with Gasteiger partial charge in [0.1, 0.15) is 5.82 Å². The highest BCUT2D eigenvalue weighted by molar-refractivity contribution is 8.01. The van der Waals surface area contributed by atoms with E-state index in [1.807, 2.05) is 35.0 Å². The standard InChI is InChI=1S/C22H23FN4O2S/c1-16(30-14-21(28)26-20-7-5-19(23)6-8-20)22(29)25-12-17-3-2-4-18(11-17)13-27-10-9-24-15-27/h2-11,15-16H,12-14H2,1H3,(H,25,29)(H,26,28). The van der Waals surface area contributed by atoms with E-state index in [1.54, 1.807) is 19.4 Å². The summed E-state index contributed by atoms with van der Waals surface area (Å²) >= 11 is 1.25. The molecule has 1 aromatic heterocycles. The Morgan fingerprint density at radius 3 is 2.67 bits per heavy atom. The van der Waals surface area contributed by atoms with E-state index in [2.05, 4.69) is 15.6 Å². The molecule has 0 spiro atoms. The summed E-state index contributed by atoms with van der Waals surface area (Å²) in [5.74, 6) is -0.597. The predicted octanol–water partition coefficient (Wildman–Crippen LogP) is 3.45. The number of benzene rings is 2. The molecule has 8 heteroatoms. The van der Waals surface area contributed by atoms with Crippen molar-refractivity contribution >= 4 is 29.3 Å². The molecule has 0 radical (unpaired) electrons. The van der Waals surface area contributed by atoms with Crippen LogP contribution in [0.3, 0.4) is 0 Å². The molecule has 1 heterocycles. The van der Waals surface area contributed by atoms with Crippen molar-refractivity contribution in [3.05, 3.63) is 84.2 Å². The number of nitrogens with one attached hydrogen (secondary N) is 2. The van der Waals surface area contributed by atoms with E-state index in [0.29, 0.717) is 12.2 Å². The fourth-order valence-corrected chi connectivity index (χ4v) is 3.48. The van der Waals surface area contributed by atoms with Gasteiger partial charge >= 0.3 is 0 Å². The summed E-state index contributed by atoms with van der Waals surface area (Å²) in [4.78, 5) is 28.4. The molecule has 2 N–H and O–H groups in total. The quantitative estimate of drug-likeness (QED) is 0.550. The minimum atomic E-state index is -0.377. The molecule has 0 saturated heterocycles. The number of thioether (sulfide) groups is 1. The lowest BCUT2D eigenvalue weighted by atomic mass is 10.1. The van der Waals surface area contributed by atoms with E-state index in [4.69, 9.17) is 0 Å². The molecule has 2 amide bonds. The molecule has 2 aromatic carbocycles. The zero-order chi connectivity index (χ0) is 21.3. The van der Waals surface area contributed by atoms with Gasteiger partial charge in [-0.1, -0.05) is 24.3 Å². The molecular formula is C22H23FN4O2S. The Morgan fingerprint density at radius 1 is 1.17 bits per heavy atom. The fourth-order valence-electron chi connectivity index (χ4n) is 2.77. The van der Waals surface area contributed by atoms with Crippen molar-refractivity contribution in [2.75, 3.05) is 11.1 Å². The first-order valence-electron chi connectivity index (χ1n) is 9.48. The molecule has 0 fully saturated rings. The second kappa shape index (κ2) is 10.6. The number of carbonyl (C=O) groups is 2. The van der Waals surface area contributed by atoms with Gasteiger partial charge in [-0.25, -0.2) is 9.37 Å². The van der Waals surface area contributed by atoms with Gasteiger partial charge in [-0.3, -0.25) is 9.59 Å². The number of hydrogen-bond acceptors (Lipinski definition) is 4. The van der Waals surface area contributed by atoms with Crippen LogP contribution in [0.1, 0.15) is 18.1 Å². The Bertz CT molecular complexity index is 977. The number of amides is 2.